The minimum absolute atomic E-state index is 0.851. The van der Waals surface area contributed by atoms with Crippen LogP contribution in [0.3, 0.4) is 0 Å². The Hall–Kier alpha value is -0.370. The molecule has 0 amide bonds. The summed E-state index contributed by atoms with van der Waals surface area (Å²) >= 11 is 0. The minimum Gasteiger partial charge on any atom is -0.375 e. The van der Waals surface area contributed by atoms with E-state index in [1.54, 1.807) is 0 Å². The van der Waals surface area contributed by atoms with Gasteiger partial charge in [0, 0.05) is 13.0 Å². The van der Waals surface area contributed by atoms with Gasteiger partial charge in [0.25, 0.3) is 0 Å². The quantitative estimate of drug-likeness (QED) is 0.433. The maximum absolute atomic E-state index is 5.26. The van der Waals surface area contributed by atoms with E-state index in [1.807, 2.05) is 0 Å². The third-order valence-electron chi connectivity index (χ3n) is 1.56. The fourth-order valence-corrected chi connectivity index (χ4v) is 0.947. The molecule has 0 atom stereocenters. The van der Waals surface area contributed by atoms with Crippen molar-refractivity contribution in [3.63, 3.8) is 0 Å². The number of ether oxygens (including phenoxy) is 1. The average Bonchev–Trinajstić information content (AvgIpc) is 1.79. The smallest absolute Gasteiger partial charge is 0.165 e. The van der Waals surface area contributed by atoms with Gasteiger partial charge >= 0.3 is 0 Å². The second-order valence-electron chi connectivity index (χ2n) is 2.44. The highest BCUT2D eigenvalue weighted by Crippen LogP contribution is 1.94. The highest BCUT2D eigenvalue weighted by molar-refractivity contribution is 5.14. The largest absolute Gasteiger partial charge is 0.375 e. The molecule has 1 fully saturated rings. The highest BCUT2D eigenvalue weighted by atomic mass is 16.5. The van der Waals surface area contributed by atoms with Gasteiger partial charge in [-0.05, 0) is 6.42 Å². The van der Waals surface area contributed by atoms with Crippen LogP contribution in [0.1, 0.15) is 12.8 Å². The van der Waals surface area contributed by atoms with Gasteiger partial charge in [-0.3, -0.25) is 0 Å². The Balaban J connectivity index is 2.20. The van der Waals surface area contributed by atoms with Crippen LogP contribution in [0.15, 0.2) is 0 Å². The zero-order chi connectivity index (χ0) is 6.53. The summed E-state index contributed by atoms with van der Waals surface area (Å²) < 4.78 is 7.33. The van der Waals surface area contributed by atoms with E-state index in [1.165, 1.54) is 12.8 Å². The van der Waals surface area contributed by atoms with Crippen LogP contribution in [-0.4, -0.2) is 37.6 Å². The van der Waals surface area contributed by atoms with Crippen molar-refractivity contribution < 1.29 is 9.31 Å². The average molecular weight is 128 g/mol. The minimum atomic E-state index is 0.851. The van der Waals surface area contributed by atoms with Crippen molar-refractivity contribution in [2.24, 2.45) is 0 Å². The van der Waals surface area contributed by atoms with Gasteiger partial charge < -0.3 is 4.74 Å². The predicted molar refractivity (Wildman–Crippen MR) is 37.2 cm³/mol. The van der Waals surface area contributed by atoms with Crippen LogP contribution >= 0.6 is 0 Å². The summed E-state index contributed by atoms with van der Waals surface area (Å²) in [7, 11) is 0. The van der Waals surface area contributed by atoms with Crippen molar-refractivity contribution in [1.29, 1.82) is 0 Å². The molecule has 0 aromatic carbocycles. The Bertz CT molecular complexity index is 91.1. The van der Waals surface area contributed by atoms with Gasteiger partial charge in [0.1, 0.15) is 19.9 Å². The van der Waals surface area contributed by atoms with Crippen molar-refractivity contribution in [2.45, 2.75) is 12.8 Å². The maximum Gasteiger partial charge on any atom is 0.165 e. The Kier molecular flexibility index (Phi) is 2.71. The molecule has 0 aliphatic carbocycles. The molecule has 52 valence electrons. The van der Waals surface area contributed by atoms with Crippen LogP contribution in [0.4, 0.5) is 0 Å². The van der Waals surface area contributed by atoms with E-state index in [-0.39, 0.29) is 0 Å². The number of hydrogen-bond donors (Lipinski definition) is 0. The van der Waals surface area contributed by atoms with Gasteiger partial charge in [0.2, 0.25) is 0 Å². The SMILES string of the molecule is C=[N+]1CCCCOCC1. The lowest BCUT2D eigenvalue weighted by molar-refractivity contribution is -0.525. The summed E-state index contributed by atoms with van der Waals surface area (Å²) in [6.07, 6.45) is 2.41. The van der Waals surface area contributed by atoms with Gasteiger partial charge in [-0.15, -0.1) is 0 Å². The molecule has 0 spiro atoms. The Labute approximate surface area is 56.1 Å². The third-order valence-corrected chi connectivity index (χ3v) is 1.56. The molecule has 9 heavy (non-hydrogen) atoms. The first kappa shape index (κ1) is 6.75. The molecule has 0 bridgehead atoms. The van der Waals surface area contributed by atoms with Gasteiger partial charge in [0.05, 0.1) is 0 Å². The van der Waals surface area contributed by atoms with Crippen LogP contribution in [0, 0.1) is 0 Å². The van der Waals surface area contributed by atoms with E-state index in [2.05, 4.69) is 11.3 Å². The van der Waals surface area contributed by atoms with Crippen LogP contribution in [-0.2, 0) is 4.74 Å². The monoisotopic (exact) mass is 128 g/mol. The van der Waals surface area contributed by atoms with Crippen molar-refractivity contribution in [1.82, 2.24) is 0 Å². The molecule has 1 rings (SSSR count). The molecule has 2 nitrogen and oxygen atoms in total. The van der Waals surface area contributed by atoms with Crippen LogP contribution in [0.25, 0.3) is 0 Å². The molecule has 1 aliphatic heterocycles. The summed E-state index contributed by atoms with van der Waals surface area (Å²) in [5.74, 6) is 0. The fraction of sp³-hybridized carbons (Fsp3) is 0.857. The lowest BCUT2D eigenvalue weighted by Gasteiger charge is -2.07. The fourth-order valence-electron chi connectivity index (χ4n) is 0.947. The summed E-state index contributed by atoms with van der Waals surface area (Å²) in [5, 5.41) is 0. The van der Waals surface area contributed by atoms with Crippen LogP contribution in [0.5, 0.6) is 0 Å². The summed E-state index contributed by atoms with van der Waals surface area (Å²) in [4.78, 5) is 0. The van der Waals surface area contributed by atoms with E-state index in [0.29, 0.717) is 0 Å². The molecule has 1 aliphatic rings. The van der Waals surface area contributed by atoms with Crippen molar-refractivity contribution in [2.75, 3.05) is 26.3 Å². The van der Waals surface area contributed by atoms with E-state index < -0.39 is 0 Å². The standard InChI is InChI=1S/C7H14NO/c1-8-4-2-3-6-9-7-5-8/h1-7H2/q+1. The van der Waals surface area contributed by atoms with E-state index in [4.69, 9.17) is 4.74 Å². The zero-order valence-corrected chi connectivity index (χ0v) is 5.81. The molecular weight excluding hydrogens is 114 g/mol. The molecule has 1 heterocycles. The zero-order valence-electron chi connectivity index (χ0n) is 5.81. The van der Waals surface area contributed by atoms with Crippen molar-refractivity contribution >= 4 is 6.72 Å². The molecule has 0 radical (unpaired) electrons. The Morgan fingerprint density at radius 2 is 2.00 bits per heavy atom. The first-order chi connectivity index (χ1) is 4.39. The molecular formula is C7H14NO+. The second kappa shape index (κ2) is 3.62. The molecule has 0 unspecified atom stereocenters. The first-order valence-corrected chi connectivity index (χ1v) is 3.53. The van der Waals surface area contributed by atoms with E-state index in [9.17, 15) is 0 Å². The Morgan fingerprint density at radius 3 is 2.89 bits per heavy atom. The molecule has 0 aromatic heterocycles. The van der Waals surface area contributed by atoms with Gasteiger partial charge in [-0.25, -0.2) is 4.58 Å². The van der Waals surface area contributed by atoms with E-state index >= 15 is 0 Å². The molecule has 1 saturated heterocycles. The van der Waals surface area contributed by atoms with Gasteiger partial charge in [-0.1, -0.05) is 0 Å². The number of nitrogens with zero attached hydrogens (tertiary/aromatic N) is 1. The lowest BCUT2D eigenvalue weighted by Crippen LogP contribution is -2.20. The van der Waals surface area contributed by atoms with Crippen molar-refractivity contribution in [3.05, 3.63) is 0 Å². The molecule has 2 heteroatoms. The van der Waals surface area contributed by atoms with E-state index in [0.717, 1.165) is 26.3 Å². The normalized spacial score (nSPS) is 22.9. The topological polar surface area (TPSA) is 12.2 Å². The van der Waals surface area contributed by atoms with Crippen molar-refractivity contribution in [3.8, 4) is 0 Å². The summed E-state index contributed by atoms with van der Waals surface area (Å²) in [6, 6.07) is 0. The summed E-state index contributed by atoms with van der Waals surface area (Å²) in [5.41, 5.74) is 0. The lowest BCUT2D eigenvalue weighted by atomic mass is 10.3. The maximum atomic E-state index is 5.26. The van der Waals surface area contributed by atoms with Gasteiger partial charge in [0.15, 0.2) is 6.54 Å². The number of rotatable bonds is 0. The highest BCUT2D eigenvalue weighted by Gasteiger charge is 2.03. The third kappa shape index (κ3) is 2.61. The van der Waals surface area contributed by atoms with Gasteiger partial charge in [-0.2, -0.15) is 0 Å². The number of hydrogen-bond acceptors (Lipinski definition) is 1. The molecule has 0 aromatic rings. The second-order valence-corrected chi connectivity index (χ2v) is 2.44. The molecule has 0 N–H and O–H groups in total. The summed E-state index contributed by atoms with van der Waals surface area (Å²) in [6.45, 7) is 7.76. The Morgan fingerprint density at radius 1 is 1.11 bits per heavy atom. The van der Waals surface area contributed by atoms with Crippen LogP contribution in [0.2, 0.25) is 0 Å². The predicted octanol–water partition coefficient (Wildman–Crippen LogP) is 0.510. The first-order valence-electron chi connectivity index (χ1n) is 3.53. The van der Waals surface area contributed by atoms with Crippen LogP contribution < -0.4 is 0 Å². The molecule has 0 saturated carbocycles.